The quantitative estimate of drug-likeness (QED) is 0.741. The third-order valence-electron chi connectivity index (χ3n) is 3.64. The molecule has 25 heavy (non-hydrogen) atoms. The first-order valence-electron chi connectivity index (χ1n) is 7.75. The molecule has 0 saturated heterocycles. The largest absolute Gasteiger partial charge is 0.332 e. The van der Waals surface area contributed by atoms with E-state index in [0.29, 0.717) is 18.4 Å². The van der Waals surface area contributed by atoms with Gasteiger partial charge in [-0.3, -0.25) is 14.9 Å². The van der Waals surface area contributed by atoms with Gasteiger partial charge in [0.15, 0.2) is 5.11 Å². The molecule has 0 fully saturated rings. The lowest BCUT2D eigenvalue weighted by atomic mass is 10.0. The van der Waals surface area contributed by atoms with Crippen LogP contribution in [0.15, 0.2) is 59.7 Å². The van der Waals surface area contributed by atoms with Crippen molar-refractivity contribution in [2.45, 2.75) is 12.8 Å². The lowest BCUT2D eigenvalue weighted by Gasteiger charge is -2.13. The Labute approximate surface area is 150 Å². The molecular formula is C18H16N4O2S. The average Bonchev–Trinajstić information content (AvgIpc) is 2.64. The van der Waals surface area contributed by atoms with Crippen LogP contribution in [0.25, 0.3) is 0 Å². The Kier molecular flexibility index (Phi) is 5.15. The number of nitrogens with zero attached hydrogens (tertiary/aromatic N) is 1. The van der Waals surface area contributed by atoms with Crippen LogP contribution in [0.2, 0.25) is 0 Å². The number of carbonyl (C=O) groups excluding carboxylic acids is 2. The van der Waals surface area contributed by atoms with E-state index < -0.39 is 0 Å². The normalized spacial score (nSPS) is 13.4. The van der Waals surface area contributed by atoms with Crippen molar-refractivity contribution in [3.05, 3.63) is 65.7 Å². The standard InChI is InChI=1S/C18H16N4O2S/c23-16-11-10-15(21-22-16)12-6-8-14(9-7-12)19-18(25)20-17(24)13-4-2-1-3-5-13/h1-9H,10-11H2,(H,22,23)(H2,19,20,24,25). The van der Waals surface area contributed by atoms with Crippen LogP contribution in [0.5, 0.6) is 0 Å². The van der Waals surface area contributed by atoms with E-state index in [2.05, 4.69) is 21.2 Å². The topological polar surface area (TPSA) is 82.6 Å². The molecule has 2 aromatic carbocycles. The van der Waals surface area contributed by atoms with Gasteiger partial charge in [0.1, 0.15) is 0 Å². The van der Waals surface area contributed by atoms with E-state index in [9.17, 15) is 9.59 Å². The summed E-state index contributed by atoms with van der Waals surface area (Å²) in [5.41, 5.74) is 5.55. The first kappa shape index (κ1) is 16.8. The summed E-state index contributed by atoms with van der Waals surface area (Å²) in [7, 11) is 0. The first-order valence-corrected chi connectivity index (χ1v) is 8.16. The van der Waals surface area contributed by atoms with Gasteiger partial charge in [0.25, 0.3) is 5.91 Å². The summed E-state index contributed by atoms with van der Waals surface area (Å²) >= 11 is 5.17. The van der Waals surface area contributed by atoms with E-state index in [1.807, 2.05) is 30.3 Å². The second-order valence-electron chi connectivity index (χ2n) is 5.45. The van der Waals surface area contributed by atoms with Crippen molar-refractivity contribution in [2.75, 3.05) is 5.32 Å². The molecule has 1 aliphatic heterocycles. The van der Waals surface area contributed by atoms with Crippen molar-refractivity contribution >= 4 is 40.5 Å². The van der Waals surface area contributed by atoms with E-state index in [4.69, 9.17) is 12.2 Å². The van der Waals surface area contributed by atoms with Crippen molar-refractivity contribution in [3.8, 4) is 0 Å². The molecule has 0 atom stereocenters. The third-order valence-corrected chi connectivity index (χ3v) is 3.85. The molecule has 0 aromatic heterocycles. The average molecular weight is 352 g/mol. The Morgan fingerprint density at radius 3 is 2.40 bits per heavy atom. The molecule has 0 unspecified atom stereocenters. The van der Waals surface area contributed by atoms with Gasteiger partial charge < -0.3 is 5.32 Å². The Morgan fingerprint density at radius 2 is 1.76 bits per heavy atom. The highest BCUT2D eigenvalue weighted by Crippen LogP contribution is 2.14. The highest BCUT2D eigenvalue weighted by molar-refractivity contribution is 7.80. The molecule has 2 amide bonds. The van der Waals surface area contributed by atoms with Gasteiger partial charge in [-0.15, -0.1) is 0 Å². The molecule has 126 valence electrons. The fourth-order valence-corrected chi connectivity index (χ4v) is 2.57. The number of hydrogen-bond acceptors (Lipinski definition) is 4. The molecule has 3 rings (SSSR count). The summed E-state index contributed by atoms with van der Waals surface area (Å²) in [6.45, 7) is 0. The van der Waals surface area contributed by atoms with Crippen LogP contribution in [0.3, 0.4) is 0 Å². The zero-order chi connectivity index (χ0) is 17.6. The van der Waals surface area contributed by atoms with Gasteiger partial charge in [-0.2, -0.15) is 5.10 Å². The molecule has 0 spiro atoms. The van der Waals surface area contributed by atoms with Crippen LogP contribution in [-0.2, 0) is 4.79 Å². The summed E-state index contributed by atoms with van der Waals surface area (Å²) < 4.78 is 0. The summed E-state index contributed by atoms with van der Waals surface area (Å²) in [4.78, 5) is 23.2. The number of anilines is 1. The number of benzene rings is 2. The van der Waals surface area contributed by atoms with Crippen LogP contribution in [-0.4, -0.2) is 22.6 Å². The number of hydrazone groups is 1. The van der Waals surface area contributed by atoms with Crippen molar-refractivity contribution in [3.63, 3.8) is 0 Å². The van der Waals surface area contributed by atoms with Gasteiger partial charge >= 0.3 is 0 Å². The van der Waals surface area contributed by atoms with Gasteiger partial charge in [-0.05, 0) is 42.0 Å². The van der Waals surface area contributed by atoms with Crippen molar-refractivity contribution in [2.24, 2.45) is 5.10 Å². The Hall–Kier alpha value is -3.06. The summed E-state index contributed by atoms with van der Waals surface area (Å²) in [6, 6.07) is 16.3. The van der Waals surface area contributed by atoms with E-state index in [1.54, 1.807) is 24.3 Å². The third kappa shape index (κ3) is 4.48. The second kappa shape index (κ2) is 7.67. The molecule has 0 bridgehead atoms. The molecular weight excluding hydrogens is 336 g/mol. The minimum absolute atomic E-state index is 0.0680. The molecule has 7 heteroatoms. The van der Waals surface area contributed by atoms with Gasteiger partial charge in [0, 0.05) is 24.1 Å². The molecule has 1 heterocycles. The van der Waals surface area contributed by atoms with Crippen molar-refractivity contribution < 1.29 is 9.59 Å². The van der Waals surface area contributed by atoms with E-state index in [1.165, 1.54) is 0 Å². The van der Waals surface area contributed by atoms with Crippen LogP contribution in [0.1, 0.15) is 28.8 Å². The molecule has 2 aromatic rings. The smallest absolute Gasteiger partial charge is 0.257 e. The maximum atomic E-state index is 12.0. The van der Waals surface area contributed by atoms with Gasteiger partial charge in [0.05, 0.1) is 5.71 Å². The number of thiocarbonyl (C=S) groups is 1. The molecule has 0 saturated carbocycles. The van der Waals surface area contributed by atoms with E-state index >= 15 is 0 Å². The molecule has 3 N–H and O–H groups in total. The van der Waals surface area contributed by atoms with Crippen LogP contribution in [0.4, 0.5) is 5.69 Å². The fraction of sp³-hybridized carbons (Fsp3) is 0.111. The van der Waals surface area contributed by atoms with E-state index in [-0.39, 0.29) is 16.9 Å². The summed E-state index contributed by atoms with van der Waals surface area (Å²) in [5.74, 6) is -0.330. The van der Waals surface area contributed by atoms with Gasteiger partial charge in [-0.1, -0.05) is 30.3 Å². The lowest BCUT2D eigenvalue weighted by Crippen LogP contribution is -2.34. The SMILES string of the molecule is O=C1CCC(c2ccc(NC(=S)NC(=O)c3ccccc3)cc2)=NN1. The lowest BCUT2D eigenvalue weighted by molar-refractivity contribution is -0.121. The van der Waals surface area contributed by atoms with Gasteiger partial charge in [-0.25, -0.2) is 5.43 Å². The maximum Gasteiger partial charge on any atom is 0.257 e. The highest BCUT2D eigenvalue weighted by Gasteiger charge is 2.13. The van der Waals surface area contributed by atoms with Crippen LogP contribution in [0, 0.1) is 0 Å². The minimum Gasteiger partial charge on any atom is -0.332 e. The fourth-order valence-electron chi connectivity index (χ4n) is 2.36. The number of nitrogens with one attached hydrogen (secondary N) is 3. The molecule has 0 radical (unpaired) electrons. The predicted molar refractivity (Wildman–Crippen MR) is 100 cm³/mol. The zero-order valence-electron chi connectivity index (χ0n) is 13.3. The highest BCUT2D eigenvalue weighted by atomic mass is 32.1. The molecule has 1 aliphatic rings. The number of rotatable bonds is 3. The predicted octanol–water partition coefficient (Wildman–Crippen LogP) is 2.43. The van der Waals surface area contributed by atoms with Crippen molar-refractivity contribution in [1.29, 1.82) is 0 Å². The summed E-state index contributed by atoms with van der Waals surface area (Å²) in [6.07, 6.45) is 1.05. The monoisotopic (exact) mass is 352 g/mol. The van der Waals surface area contributed by atoms with E-state index in [0.717, 1.165) is 17.0 Å². The first-order chi connectivity index (χ1) is 12.1. The Bertz CT molecular complexity index is 832. The maximum absolute atomic E-state index is 12.0. The molecule has 6 nitrogen and oxygen atoms in total. The Balaban J connectivity index is 1.59. The second-order valence-corrected chi connectivity index (χ2v) is 5.85. The van der Waals surface area contributed by atoms with Crippen molar-refractivity contribution in [1.82, 2.24) is 10.7 Å². The Morgan fingerprint density at radius 1 is 1.04 bits per heavy atom. The number of amides is 2. The summed E-state index contributed by atoms with van der Waals surface area (Å²) in [5, 5.41) is 9.89. The molecule has 0 aliphatic carbocycles. The van der Waals surface area contributed by atoms with Crippen LogP contribution < -0.4 is 16.1 Å². The van der Waals surface area contributed by atoms with Gasteiger partial charge in [0.2, 0.25) is 5.91 Å². The number of hydrogen-bond donors (Lipinski definition) is 3. The number of carbonyl (C=O) groups is 2. The zero-order valence-corrected chi connectivity index (χ0v) is 14.1. The minimum atomic E-state index is -0.262. The van der Waals surface area contributed by atoms with Crippen LogP contribution >= 0.6 is 12.2 Å².